The lowest BCUT2D eigenvalue weighted by molar-refractivity contribution is 0.471. The van der Waals surface area contributed by atoms with E-state index < -0.39 is 0 Å². The molecule has 2 heteroatoms. The molecule has 0 unspecified atom stereocenters. The quantitative estimate of drug-likeness (QED) is 0.811. The van der Waals surface area contributed by atoms with Gasteiger partial charge >= 0.3 is 0 Å². The number of phenols is 2. The molecule has 0 aromatic heterocycles. The Labute approximate surface area is 131 Å². The summed E-state index contributed by atoms with van der Waals surface area (Å²) >= 11 is 0. The molecule has 0 amide bonds. The largest absolute Gasteiger partial charge is 0.508 e. The monoisotopic (exact) mass is 294 g/mol. The molecule has 0 atom stereocenters. The van der Waals surface area contributed by atoms with Gasteiger partial charge in [0.2, 0.25) is 0 Å². The molecule has 0 radical (unpaired) electrons. The highest BCUT2D eigenvalue weighted by Crippen LogP contribution is 2.43. The summed E-state index contributed by atoms with van der Waals surface area (Å²) in [5.74, 6) is 0.683. The zero-order valence-corrected chi connectivity index (χ0v) is 12.9. The van der Waals surface area contributed by atoms with Crippen LogP contribution >= 0.6 is 0 Å². The summed E-state index contributed by atoms with van der Waals surface area (Å²) in [6.07, 6.45) is 9.02. The number of hydrogen-bond donors (Lipinski definition) is 2. The first-order valence-electron chi connectivity index (χ1n) is 8.43. The van der Waals surface area contributed by atoms with E-state index in [4.69, 9.17) is 0 Å². The summed E-state index contributed by atoms with van der Waals surface area (Å²) in [5.41, 5.74) is 7.29. The molecule has 0 fully saturated rings. The van der Waals surface area contributed by atoms with Crippen molar-refractivity contribution >= 4 is 0 Å². The van der Waals surface area contributed by atoms with Crippen LogP contribution in [0.25, 0.3) is 11.1 Å². The summed E-state index contributed by atoms with van der Waals surface area (Å²) in [4.78, 5) is 0. The van der Waals surface area contributed by atoms with Gasteiger partial charge in [0.1, 0.15) is 11.5 Å². The Balaban J connectivity index is 1.98. The minimum absolute atomic E-state index is 0.323. The number of phenolic OH excluding ortho intramolecular Hbond substituents is 2. The van der Waals surface area contributed by atoms with Gasteiger partial charge in [-0.25, -0.2) is 0 Å². The molecule has 0 heterocycles. The number of aromatic hydroxyl groups is 2. The van der Waals surface area contributed by atoms with Crippen LogP contribution in [0, 0.1) is 0 Å². The van der Waals surface area contributed by atoms with Gasteiger partial charge in [0.15, 0.2) is 0 Å². The topological polar surface area (TPSA) is 40.5 Å². The first-order chi connectivity index (χ1) is 10.7. The number of rotatable bonds is 1. The van der Waals surface area contributed by atoms with Crippen molar-refractivity contribution in [3.8, 4) is 22.6 Å². The van der Waals surface area contributed by atoms with E-state index in [9.17, 15) is 10.2 Å². The standard InChI is InChI=1S/C20H22O2/c21-15-11-14-6-2-3-7-16(14)18(12-15)20-17-8-4-1-5-13(17)9-10-19(20)22/h9-12,21-22H,1-8H2. The van der Waals surface area contributed by atoms with Gasteiger partial charge in [-0.1, -0.05) is 6.07 Å². The SMILES string of the molecule is Oc1cc2c(c(-c3c(O)ccc4c3CCCC4)c1)CCCC2. The predicted octanol–water partition coefficient (Wildman–Crippen LogP) is 4.52. The van der Waals surface area contributed by atoms with Gasteiger partial charge in [0.05, 0.1) is 0 Å². The maximum Gasteiger partial charge on any atom is 0.123 e. The second-order valence-electron chi connectivity index (χ2n) is 6.64. The van der Waals surface area contributed by atoms with Gasteiger partial charge in [-0.15, -0.1) is 0 Å². The number of fused-ring (bicyclic) bond motifs is 2. The van der Waals surface area contributed by atoms with Gasteiger partial charge in [0.25, 0.3) is 0 Å². The summed E-state index contributed by atoms with van der Waals surface area (Å²) in [6, 6.07) is 7.67. The fourth-order valence-electron chi connectivity index (χ4n) is 4.19. The maximum atomic E-state index is 10.5. The highest BCUT2D eigenvalue weighted by Gasteiger charge is 2.22. The third-order valence-corrected chi connectivity index (χ3v) is 5.23. The first kappa shape index (κ1) is 13.7. The highest BCUT2D eigenvalue weighted by atomic mass is 16.3. The molecular formula is C20H22O2. The molecule has 2 aliphatic carbocycles. The minimum Gasteiger partial charge on any atom is -0.508 e. The van der Waals surface area contributed by atoms with E-state index in [0.29, 0.717) is 11.5 Å². The van der Waals surface area contributed by atoms with E-state index in [1.165, 1.54) is 47.9 Å². The Bertz CT molecular complexity index is 731. The fraction of sp³-hybridized carbons (Fsp3) is 0.400. The highest BCUT2D eigenvalue weighted by molar-refractivity contribution is 5.80. The zero-order valence-electron chi connectivity index (χ0n) is 12.9. The lowest BCUT2D eigenvalue weighted by Gasteiger charge is -2.25. The van der Waals surface area contributed by atoms with Crippen LogP contribution in [-0.4, -0.2) is 10.2 Å². The minimum atomic E-state index is 0.323. The van der Waals surface area contributed by atoms with Crippen LogP contribution in [0.15, 0.2) is 24.3 Å². The molecule has 0 saturated carbocycles. The molecule has 2 aromatic rings. The van der Waals surface area contributed by atoms with Gasteiger partial charge in [-0.2, -0.15) is 0 Å². The summed E-state index contributed by atoms with van der Waals surface area (Å²) in [7, 11) is 0. The van der Waals surface area contributed by atoms with Crippen molar-refractivity contribution < 1.29 is 10.2 Å². The number of benzene rings is 2. The first-order valence-corrected chi connectivity index (χ1v) is 8.43. The Morgan fingerprint density at radius 2 is 1.36 bits per heavy atom. The summed E-state index contributed by atoms with van der Waals surface area (Å²) in [6.45, 7) is 0. The van der Waals surface area contributed by atoms with Crippen molar-refractivity contribution in [2.45, 2.75) is 51.4 Å². The second kappa shape index (κ2) is 5.35. The molecule has 0 aliphatic heterocycles. The molecule has 22 heavy (non-hydrogen) atoms. The third kappa shape index (κ3) is 2.18. The van der Waals surface area contributed by atoms with Crippen molar-refractivity contribution in [3.63, 3.8) is 0 Å². The molecule has 2 aliphatic rings. The average Bonchev–Trinajstić information content (AvgIpc) is 2.54. The summed E-state index contributed by atoms with van der Waals surface area (Å²) in [5, 5.41) is 20.7. The van der Waals surface area contributed by atoms with Crippen molar-refractivity contribution in [2.24, 2.45) is 0 Å². The van der Waals surface area contributed by atoms with E-state index in [2.05, 4.69) is 6.07 Å². The van der Waals surface area contributed by atoms with E-state index in [1.54, 1.807) is 0 Å². The maximum absolute atomic E-state index is 10.5. The van der Waals surface area contributed by atoms with Gasteiger partial charge < -0.3 is 10.2 Å². The van der Waals surface area contributed by atoms with Crippen molar-refractivity contribution in [1.82, 2.24) is 0 Å². The van der Waals surface area contributed by atoms with Gasteiger partial charge in [-0.3, -0.25) is 0 Å². The predicted molar refractivity (Wildman–Crippen MR) is 88.5 cm³/mol. The molecule has 2 aromatic carbocycles. The zero-order chi connectivity index (χ0) is 15.1. The van der Waals surface area contributed by atoms with Crippen LogP contribution in [0.5, 0.6) is 11.5 Å². The summed E-state index contributed by atoms with van der Waals surface area (Å²) < 4.78 is 0. The molecule has 114 valence electrons. The Morgan fingerprint density at radius 3 is 2.18 bits per heavy atom. The molecule has 0 bridgehead atoms. The molecule has 0 saturated heterocycles. The molecule has 4 rings (SSSR count). The molecular weight excluding hydrogens is 272 g/mol. The molecule has 0 spiro atoms. The normalized spacial score (nSPS) is 16.9. The molecule has 2 N–H and O–H groups in total. The fourth-order valence-corrected chi connectivity index (χ4v) is 4.19. The second-order valence-corrected chi connectivity index (χ2v) is 6.64. The van der Waals surface area contributed by atoms with Gasteiger partial charge in [-0.05, 0) is 97.4 Å². The smallest absolute Gasteiger partial charge is 0.123 e. The lowest BCUT2D eigenvalue weighted by Crippen LogP contribution is -2.08. The lowest BCUT2D eigenvalue weighted by atomic mass is 9.80. The number of hydrogen-bond acceptors (Lipinski definition) is 2. The number of aryl methyl sites for hydroxylation is 2. The van der Waals surface area contributed by atoms with E-state index in [1.807, 2.05) is 18.2 Å². The van der Waals surface area contributed by atoms with Crippen LogP contribution in [0.2, 0.25) is 0 Å². The van der Waals surface area contributed by atoms with Crippen LogP contribution in [0.3, 0.4) is 0 Å². The van der Waals surface area contributed by atoms with E-state index in [0.717, 1.165) is 36.8 Å². The average molecular weight is 294 g/mol. The van der Waals surface area contributed by atoms with E-state index in [-0.39, 0.29) is 0 Å². The van der Waals surface area contributed by atoms with Crippen LogP contribution in [0.4, 0.5) is 0 Å². The Hall–Kier alpha value is -1.96. The van der Waals surface area contributed by atoms with Crippen molar-refractivity contribution in [1.29, 1.82) is 0 Å². The van der Waals surface area contributed by atoms with Crippen molar-refractivity contribution in [2.75, 3.05) is 0 Å². The van der Waals surface area contributed by atoms with Crippen LogP contribution in [0.1, 0.15) is 47.9 Å². The molecule has 2 nitrogen and oxygen atoms in total. The van der Waals surface area contributed by atoms with Crippen LogP contribution in [-0.2, 0) is 25.7 Å². The van der Waals surface area contributed by atoms with Gasteiger partial charge in [0, 0.05) is 5.56 Å². The third-order valence-electron chi connectivity index (χ3n) is 5.23. The Kier molecular flexibility index (Phi) is 3.33. The Morgan fingerprint density at radius 1 is 0.682 bits per heavy atom. The van der Waals surface area contributed by atoms with Crippen molar-refractivity contribution in [3.05, 3.63) is 46.5 Å². The van der Waals surface area contributed by atoms with Crippen LogP contribution < -0.4 is 0 Å². The van der Waals surface area contributed by atoms with E-state index >= 15 is 0 Å².